The van der Waals surface area contributed by atoms with E-state index >= 15 is 0 Å². The molecule has 0 atom stereocenters. The second kappa shape index (κ2) is 4.56. The van der Waals surface area contributed by atoms with Crippen molar-refractivity contribution in [2.24, 2.45) is 0 Å². The molecule has 0 spiro atoms. The smallest absolute Gasteiger partial charge is 0.142 e. The maximum absolute atomic E-state index is 5.08. The van der Waals surface area contributed by atoms with Crippen molar-refractivity contribution >= 4 is 15.9 Å². The number of ether oxygens (including phenoxy) is 1. The van der Waals surface area contributed by atoms with Gasteiger partial charge in [0.15, 0.2) is 0 Å². The van der Waals surface area contributed by atoms with Gasteiger partial charge in [0.2, 0.25) is 0 Å². The third-order valence-electron chi connectivity index (χ3n) is 1.47. The minimum Gasteiger partial charge on any atom is -0.490 e. The predicted molar refractivity (Wildman–Crippen MR) is 46.0 cm³/mol. The molecule has 0 bridgehead atoms. The lowest BCUT2D eigenvalue weighted by atomic mass is 10.0. The minimum atomic E-state index is 0.588. The Morgan fingerprint density at radius 2 is 2.60 bits per heavy atom. The minimum absolute atomic E-state index is 0.588. The number of rotatable bonds is 2. The quantitative estimate of drug-likeness (QED) is 0.495. The molecular formula is C8H11BrO. The number of alkyl halides is 1. The highest BCUT2D eigenvalue weighted by atomic mass is 79.9. The molecular weight excluding hydrogens is 192 g/mol. The molecule has 56 valence electrons. The van der Waals surface area contributed by atoms with Crippen molar-refractivity contribution in [3.8, 4) is 0 Å². The van der Waals surface area contributed by atoms with Crippen LogP contribution < -0.4 is 0 Å². The maximum Gasteiger partial charge on any atom is 0.142 e. The van der Waals surface area contributed by atoms with E-state index < -0.39 is 0 Å². The molecule has 0 aromatic heterocycles. The van der Waals surface area contributed by atoms with Crippen molar-refractivity contribution in [2.75, 3.05) is 5.52 Å². The van der Waals surface area contributed by atoms with Gasteiger partial charge in [-0.05, 0) is 40.8 Å². The summed E-state index contributed by atoms with van der Waals surface area (Å²) < 4.78 is 5.08. The molecule has 0 fully saturated rings. The second-order valence-corrected chi connectivity index (χ2v) is 2.72. The number of allylic oxidation sites excluding steroid dienone is 3. The molecule has 1 nitrogen and oxygen atoms in total. The van der Waals surface area contributed by atoms with Crippen LogP contribution >= 0.6 is 15.9 Å². The summed E-state index contributed by atoms with van der Waals surface area (Å²) in [6.45, 7) is 0. The van der Waals surface area contributed by atoms with Crippen molar-refractivity contribution in [3.05, 3.63) is 24.0 Å². The van der Waals surface area contributed by atoms with Crippen molar-refractivity contribution in [1.29, 1.82) is 0 Å². The van der Waals surface area contributed by atoms with Crippen LogP contribution in [0.4, 0.5) is 0 Å². The molecule has 1 aliphatic rings. The number of hydrogen-bond acceptors (Lipinski definition) is 1. The first kappa shape index (κ1) is 7.86. The fraction of sp³-hybridized carbons (Fsp3) is 0.500. The van der Waals surface area contributed by atoms with E-state index in [0.717, 1.165) is 6.42 Å². The first-order valence-electron chi connectivity index (χ1n) is 3.46. The molecule has 0 saturated carbocycles. The maximum atomic E-state index is 5.08. The Balaban J connectivity index is 2.38. The highest BCUT2D eigenvalue weighted by Crippen LogP contribution is 2.15. The van der Waals surface area contributed by atoms with Gasteiger partial charge in [-0.25, -0.2) is 0 Å². The van der Waals surface area contributed by atoms with Crippen LogP contribution in [0, 0.1) is 0 Å². The van der Waals surface area contributed by atoms with Crippen LogP contribution in [0.3, 0.4) is 0 Å². The van der Waals surface area contributed by atoms with E-state index in [4.69, 9.17) is 4.74 Å². The van der Waals surface area contributed by atoms with Gasteiger partial charge in [-0.15, -0.1) is 0 Å². The van der Waals surface area contributed by atoms with Gasteiger partial charge in [-0.3, -0.25) is 0 Å². The third kappa shape index (κ3) is 2.56. The zero-order valence-electron chi connectivity index (χ0n) is 5.85. The predicted octanol–water partition coefficient (Wildman–Crippen LogP) is 2.98. The van der Waals surface area contributed by atoms with E-state index in [9.17, 15) is 0 Å². The standard InChI is InChI=1S/C8H11BrO/c9-7-10-6-8-4-2-1-3-5-8/h2,4,6H,1,3,5,7H2/b8-6-. The van der Waals surface area contributed by atoms with Crippen LogP contribution in [-0.4, -0.2) is 5.52 Å². The molecule has 0 amide bonds. The SMILES string of the molecule is BrCO/C=C1/C=CCCC1. The molecule has 0 N–H and O–H groups in total. The Kier molecular flexibility index (Phi) is 3.58. The van der Waals surface area contributed by atoms with Crippen LogP contribution in [0.15, 0.2) is 24.0 Å². The molecule has 0 aliphatic heterocycles. The van der Waals surface area contributed by atoms with Crippen molar-refractivity contribution in [2.45, 2.75) is 19.3 Å². The molecule has 0 aromatic carbocycles. The fourth-order valence-corrected chi connectivity index (χ4v) is 1.11. The first-order valence-corrected chi connectivity index (χ1v) is 4.59. The van der Waals surface area contributed by atoms with Gasteiger partial charge in [-0.2, -0.15) is 0 Å². The van der Waals surface area contributed by atoms with Gasteiger partial charge in [0.25, 0.3) is 0 Å². The lowest BCUT2D eigenvalue weighted by molar-refractivity contribution is 0.317. The van der Waals surface area contributed by atoms with E-state index in [1.54, 1.807) is 0 Å². The molecule has 10 heavy (non-hydrogen) atoms. The summed E-state index contributed by atoms with van der Waals surface area (Å²) in [4.78, 5) is 0. The third-order valence-corrected chi connectivity index (χ3v) is 1.73. The van der Waals surface area contributed by atoms with Crippen LogP contribution in [-0.2, 0) is 4.74 Å². The zero-order chi connectivity index (χ0) is 7.23. The summed E-state index contributed by atoms with van der Waals surface area (Å²) in [5, 5.41) is 0. The molecule has 0 unspecified atom stereocenters. The first-order chi connectivity index (χ1) is 4.93. The average Bonchev–Trinajstić information content (AvgIpc) is 2.03. The van der Waals surface area contributed by atoms with Gasteiger partial charge >= 0.3 is 0 Å². The highest BCUT2D eigenvalue weighted by molar-refractivity contribution is 9.09. The largest absolute Gasteiger partial charge is 0.490 e. The van der Waals surface area contributed by atoms with Crippen LogP contribution in [0.25, 0.3) is 0 Å². The van der Waals surface area contributed by atoms with E-state index in [0.29, 0.717) is 5.52 Å². The highest BCUT2D eigenvalue weighted by Gasteiger charge is 1.97. The van der Waals surface area contributed by atoms with Gasteiger partial charge in [0.1, 0.15) is 5.52 Å². The van der Waals surface area contributed by atoms with Gasteiger partial charge in [0.05, 0.1) is 6.26 Å². The van der Waals surface area contributed by atoms with E-state index in [1.807, 2.05) is 6.26 Å². The summed E-state index contributed by atoms with van der Waals surface area (Å²) in [6.07, 6.45) is 9.77. The molecule has 0 saturated heterocycles. The molecule has 0 aromatic rings. The summed E-state index contributed by atoms with van der Waals surface area (Å²) in [5.41, 5.74) is 1.88. The molecule has 1 aliphatic carbocycles. The fourth-order valence-electron chi connectivity index (χ4n) is 0.979. The van der Waals surface area contributed by atoms with Gasteiger partial charge in [-0.1, -0.05) is 12.2 Å². The molecule has 2 heteroatoms. The lowest BCUT2D eigenvalue weighted by Gasteiger charge is -2.05. The Morgan fingerprint density at radius 1 is 1.70 bits per heavy atom. The van der Waals surface area contributed by atoms with Crippen molar-refractivity contribution < 1.29 is 4.74 Å². The van der Waals surface area contributed by atoms with Gasteiger partial charge < -0.3 is 4.74 Å². The number of halogens is 1. The van der Waals surface area contributed by atoms with Crippen molar-refractivity contribution in [3.63, 3.8) is 0 Å². The van der Waals surface area contributed by atoms with Gasteiger partial charge in [0, 0.05) is 0 Å². The van der Waals surface area contributed by atoms with E-state index in [1.165, 1.54) is 18.4 Å². The lowest BCUT2D eigenvalue weighted by Crippen LogP contribution is -1.87. The Labute approximate surface area is 69.9 Å². The summed E-state index contributed by atoms with van der Waals surface area (Å²) in [6, 6.07) is 0. The van der Waals surface area contributed by atoms with Crippen LogP contribution in [0.5, 0.6) is 0 Å². The van der Waals surface area contributed by atoms with E-state index in [2.05, 4.69) is 28.1 Å². The Bertz CT molecular complexity index is 149. The average molecular weight is 203 g/mol. The molecule has 0 heterocycles. The Morgan fingerprint density at radius 3 is 3.20 bits per heavy atom. The molecule has 1 rings (SSSR count). The Hall–Kier alpha value is -0.240. The summed E-state index contributed by atoms with van der Waals surface area (Å²) in [5.74, 6) is 0. The topological polar surface area (TPSA) is 9.23 Å². The second-order valence-electron chi connectivity index (χ2n) is 2.26. The normalized spacial score (nSPS) is 21.5. The summed E-state index contributed by atoms with van der Waals surface area (Å²) >= 11 is 3.19. The van der Waals surface area contributed by atoms with Crippen molar-refractivity contribution in [1.82, 2.24) is 0 Å². The molecule has 0 radical (unpaired) electrons. The zero-order valence-corrected chi connectivity index (χ0v) is 7.43. The van der Waals surface area contributed by atoms with Crippen LogP contribution in [0.2, 0.25) is 0 Å². The van der Waals surface area contributed by atoms with Crippen LogP contribution in [0.1, 0.15) is 19.3 Å². The monoisotopic (exact) mass is 202 g/mol. The van der Waals surface area contributed by atoms with E-state index in [-0.39, 0.29) is 0 Å². The number of hydrogen-bond donors (Lipinski definition) is 0. The summed E-state index contributed by atoms with van der Waals surface area (Å²) in [7, 11) is 0.